The molecule has 3 N–H and O–H groups in total. The van der Waals surface area contributed by atoms with Gasteiger partial charge in [-0.1, -0.05) is 37.0 Å². The third-order valence-corrected chi connectivity index (χ3v) is 3.91. The van der Waals surface area contributed by atoms with E-state index in [9.17, 15) is 4.79 Å². The summed E-state index contributed by atoms with van der Waals surface area (Å²) in [5.74, 6) is 0.472. The van der Waals surface area contributed by atoms with Gasteiger partial charge in [-0.3, -0.25) is 10.1 Å². The van der Waals surface area contributed by atoms with E-state index in [-0.39, 0.29) is 5.91 Å². The van der Waals surface area contributed by atoms with Gasteiger partial charge in [0.05, 0.1) is 6.04 Å². The lowest BCUT2D eigenvalue weighted by Crippen LogP contribution is -2.37. The summed E-state index contributed by atoms with van der Waals surface area (Å²) in [5.41, 5.74) is 5.90. The van der Waals surface area contributed by atoms with Crippen molar-refractivity contribution in [2.24, 2.45) is 11.7 Å². The van der Waals surface area contributed by atoms with Gasteiger partial charge in [-0.15, -0.1) is 10.2 Å². The molecule has 1 atom stereocenters. The molecule has 1 aliphatic rings. The molecule has 0 bridgehead atoms. The quantitative estimate of drug-likeness (QED) is 0.856. The van der Waals surface area contributed by atoms with Gasteiger partial charge in [0.2, 0.25) is 11.0 Å². The smallest absolute Gasteiger partial charge is 0.243 e. The summed E-state index contributed by atoms with van der Waals surface area (Å²) in [5, 5.41) is 11.8. The van der Waals surface area contributed by atoms with Crippen molar-refractivity contribution >= 4 is 22.4 Å². The average molecular weight is 254 g/mol. The summed E-state index contributed by atoms with van der Waals surface area (Å²) in [6.07, 6.45) is 5.74. The molecule has 0 aromatic carbocycles. The number of hydrogen-bond acceptors (Lipinski definition) is 5. The van der Waals surface area contributed by atoms with Crippen LogP contribution in [0.25, 0.3) is 0 Å². The molecule has 1 aromatic heterocycles. The summed E-state index contributed by atoms with van der Waals surface area (Å²) < 4.78 is 0. The topological polar surface area (TPSA) is 80.9 Å². The number of carbonyl (C=O) groups excluding carboxylic acids is 1. The van der Waals surface area contributed by atoms with Crippen LogP contribution >= 0.6 is 11.3 Å². The van der Waals surface area contributed by atoms with E-state index in [2.05, 4.69) is 15.5 Å². The maximum absolute atomic E-state index is 11.8. The van der Waals surface area contributed by atoms with Crippen molar-refractivity contribution in [1.82, 2.24) is 10.2 Å². The third-order valence-electron chi connectivity index (χ3n) is 3.15. The van der Waals surface area contributed by atoms with Gasteiger partial charge in [-0.25, -0.2) is 0 Å². The van der Waals surface area contributed by atoms with Gasteiger partial charge in [-0.05, 0) is 19.3 Å². The molecule has 1 aliphatic carbocycles. The van der Waals surface area contributed by atoms with Crippen molar-refractivity contribution in [2.45, 2.75) is 45.1 Å². The molecule has 1 fully saturated rings. The Morgan fingerprint density at radius 2 is 2.24 bits per heavy atom. The fraction of sp³-hybridized carbons (Fsp3) is 0.727. The number of rotatable bonds is 4. The highest BCUT2D eigenvalue weighted by Gasteiger charge is 2.22. The Morgan fingerprint density at radius 1 is 1.53 bits per heavy atom. The Balaban J connectivity index is 1.82. The van der Waals surface area contributed by atoms with Gasteiger partial charge in [0.1, 0.15) is 5.01 Å². The number of amides is 1. The SMILES string of the molecule is Cc1nnc(NC(=O)[C@@H](N)CC2CCCC2)s1. The molecule has 1 amide bonds. The van der Waals surface area contributed by atoms with Gasteiger partial charge in [0.15, 0.2) is 0 Å². The number of hydrogen-bond donors (Lipinski definition) is 2. The second-order valence-electron chi connectivity index (χ2n) is 4.61. The largest absolute Gasteiger partial charge is 0.320 e. The van der Waals surface area contributed by atoms with Crippen LogP contribution in [0.3, 0.4) is 0 Å². The molecule has 0 unspecified atom stereocenters. The van der Waals surface area contributed by atoms with Crippen LogP contribution in [0.1, 0.15) is 37.1 Å². The van der Waals surface area contributed by atoms with Crippen LogP contribution < -0.4 is 11.1 Å². The molecule has 0 spiro atoms. The number of carbonyl (C=O) groups is 1. The molecule has 94 valence electrons. The molecule has 0 saturated heterocycles. The Labute approximate surface area is 105 Å². The zero-order chi connectivity index (χ0) is 12.3. The lowest BCUT2D eigenvalue weighted by Gasteiger charge is -2.14. The Hall–Kier alpha value is -1.01. The third kappa shape index (κ3) is 3.47. The number of aryl methyl sites for hydroxylation is 1. The molecule has 2 rings (SSSR count). The molecule has 0 radical (unpaired) electrons. The fourth-order valence-electron chi connectivity index (χ4n) is 2.26. The highest BCUT2D eigenvalue weighted by atomic mass is 32.1. The monoisotopic (exact) mass is 254 g/mol. The van der Waals surface area contributed by atoms with Crippen molar-refractivity contribution in [3.63, 3.8) is 0 Å². The number of nitrogens with one attached hydrogen (secondary N) is 1. The van der Waals surface area contributed by atoms with Crippen molar-refractivity contribution < 1.29 is 4.79 Å². The van der Waals surface area contributed by atoms with Gasteiger partial charge < -0.3 is 5.73 Å². The van der Waals surface area contributed by atoms with E-state index in [1.807, 2.05) is 6.92 Å². The zero-order valence-corrected chi connectivity index (χ0v) is 10.8. The number of nitrogens with zero attached hydrogens (tertiary/aromatic N) is 2. The molecule has 1 heterocycles. The van der Waals surface area contributed by atoms with Crippen molar-refractivity contribution in [3.8, 4) is 0 Å². The second kappa shape index (κ2) is 5.55. The van der Waals surface area contributed by atoms with E-state index in [0.717, 1.165) is 11.4 Å². The number of nitrogens with two attached hydrogens (primary N) is 1. The minimum absolute atomic E-state index is 0.145. The highest BCUT2D eigenvalue weighted by Crippen LogP contribution is 2.28. The van der Waals surface area contributed by atoms with Gasteiger partial charge in [-0.2, -0.15) is 0 Å². The summed E-state index contributed by atoms with van der Waals surface area (Å²) in [6.45, 7) is 1.85. The maximum atomic E-state index is 11.8. The van der Waals surface area contributed by atoms with E-state index in [1.165, 1.54) is 37.0 Å². The van der Waals surface area contributed by atoms with E-state index in [4.69, 9.17) is 5.73 Å². The first kappa shape index (κ1) is 12.4. The maximum Gasteiger partial charge on any atom is 0.243 e. The van der Waals surface area contributed by atoms with Crippen LogP contribution in [0.4, 0.5) is 5.13 Å². The standard InChI is InChI=1S/C11H18N4OS/c1-7-14-15-11(17-7)13-10(16)9(12)6-8-4-2-3-5-8/h8-9H,2-6,12H2,1H3,(H,13,15,16)/t9-/m0/s1. The van der Waals surface area contributed by atoms with Crippen LogP contribution in [0.5, 0.6) is 0 Å². The number of aromatic nitrogens is 2. The number of anilines is 1. The predicted molar refractivity (Wildman–Crippen MR) is 67.8 cm³/mol. The molecule has 1 aromatic rings. The van der Waals surface area contributed by atoms with Crippen molar-refractivity contribution in [3.05, 3.63) is 5.01 Å². The van der Waals surface area contributed by atoms with Crippen LogP contribution in [0, 0.1) is 12.8 Å². The zero-order valence-electron chi connectivity index (χ0n) is 9.98. The van der Waals surface area contributed by atoms with Crippen LogP contribution in [0.2, 0.25) is 0 Å². The molecular weight excluding hydrogens is 236 g/mol. The molecule has 1 saturated carbocycles. The van der Waals surface area contributed by atoms with Crippen LogP contribution in [0.15, 0.2) is 0 Å². The highest BCUT2D eigenvalue weighted by molar-refractivity contribution is 7.15. The van der Waals surface area contributed by atoms with Crippen LogP contribution in [-0.2, 0) is 4.79 Å². The van der Waals surface area contributed by atoms with E-state index in [1.54, 1.807) is 0 Å². The van der Waals surface area contributed by atoms with Crippen molar-refractivity contribution in [2.75, 3.05) is 5.32 Å². The minimum Gasteiger partial charge on any atom is -0.320 e. The lowest BCUT2D eigenvalue weighted by molar-refractivity contribution is -0.117. The van der Waals surface area contributed by atoms with E-state index < -0.39 is 6.04 Å². The summed E-state index contributed by atoms with van der Waals surface area (Å²) in [7, 11) is 0. The van der Waals surface area contributed by atoms with Crippen LogP contribution in [-0.4, -0.2) is 22.1 Å². The second-order valence-corrected chi connectivity index (χ2v) is 5.79. The molecule has 5 nitrogen and oxygen atoms in total. The first-order valence-electron chi connectivity index (χ1n) is 6.01. The van der Waals surface area contributed by atoms with Crippen molar-refractivity contribution in [1.29, 1.82) is 0 Å². The lowest BCUT2D eigenvalue weighted by atomic mass is 9.98. The first-order valence-corrected chi connectivity index (χ1v) is 6.83. The predicted octanol–water partition coefficient (Wildman–Crippen LogP) is 1.69. The van der Waals surface area contributed by atoms with E-state index >= 15 is 0 Å². The fourth-order valence-corrected chi connectivity index (χ4v) is 2.85. The van der Waals surface area contributed by atoms with Gasteiger partial charge in [0, 0.05) is 0 Å². The summed E-state index contributed by atoms with van der Waals surface area (Å²) >= 11 is 1.37. The average Bonchev–Trinajstić information content (AvgIpc) is 2.90. The minimum atomic E-state index is -0.428. The van der Waals surface area contributed by atoms with Gasteiger partial charge >= 0.3 is 0 Å². The molecule has 0 aliphatic heterocycles. The Kier molecular flexibility index (Phi) is 4.06. The normalized spacial score (nSPS) is 18.2. The van der Waals surface area contributed by atoms with Gasteiger partial charge in [0.25, 0.3) is 0 Å². The van der Waals surface area contributed by atoms with E-state index in [0.29, 0.717) is 11.0 Å². The summed E-state index contributed by atoms with van der Waals surface area (Å²) in [4.78, 5) is 11.8. The Morgan fingerprint density at radius 3 is 2.82 bits per heavy atom. The first-order chi connectivity index (χ1) is 8.15. The summed E-state index contributed by atoms with van der Waals surface area (Å²) in [6, 6.07) is -0.428. The molecule has 17 heavy (non-hydrogen) atoms. The molecular formula is C11H18N4OS. The Bertz CT molecular complexity index is 387. The molecule has 6 heteroatoms.